The first kappa shape index (κ1) is 20.2. The molecule has 0 aliphatic heterocycles. The molecule has 0 aromatic heterocycles. The number of anilines is 2. The van der Waals surface area contributed by atoms with Gasteiger partial charge in [0.15, 0.2) is 0 Å². The fourth-order valence-corrected chi connectivity index (χ4v) is 2.72. The predicted octanol–water partition coefficient (Wildman–Crippen LogP) is 3.59. The molecule has 0 saturated carbocycles. The summed E-state index contributed by atoms with van der Waals surface area (Å²) in [6.45, 7) is 2.02. The number of nitriles is 1. The molecule has 0 bridgehead atoms. The van der Waals surface area contributed by atoms with E-state index in [4.69, 9.17) is 0 Å². The third-order valence-electron chi connectivity index (χ3n) is 3.52. The Labute approximate surface area is 166 Å². The molecule has 138 valence electrons. The van der Waals surface area contributed by atoms with E-state index in [1.165, 1.54) is 13.1 Å². The van der Waals surface area contributed by atoms with Crippen molar-refractivity contribution in [2.75, 3.05) is 17.2 Å². The molecule has 2 aromatic rings. The van der Waals surface area contributed by atoms with Crippen LogP contribution in [0.25, 0.3) is 0 Å². The van der Waals surface area contributed by atoms with Gasteiger partial charge in [-0.3, -0.25) is 9.59 Å². The number of amides is 2. The Morgan fingerprint density at radius 3 is 2.37 bits per heavy atom. The van der Waals surface area contributed by atoms with Crippen LogP contribution in [0.2, 0.25) is 0 Å². The van der Waals surface area contributed by atoms with Gasteiger partial charge in [0.25, 0.3) is 5.91 Å². The standard InChI is InChI=1S/C20H19BrN4O2/c1-14(26)24-18-5-7-19(8-6-18)25-20(27)16(12-22)13-23-10-9-15-3-2-4-17(21)11-15/h2-8,11,13,23H,9-10H2,1H3,(H,24,26)(H,25,27)/b16-13-. The third-order valence-corrected chi connectivity index (χ3v) is 4.01. The number of nitrogens with zero attached hydrogens (tertiary/aromatic N) is 1. The lowest BCUT2D eigenvalue weighted by molar-refractivity contribution is -0.114. The highest BCUT2D eigenvalue weighted by atomic mass is 79.9. The van der Waals surface area contributed by atoms with Crippen molar-refractivity contribution in [3.05, 3.63) is 70.3 Å². The van der Waals surface area contributed by atoms with Crippen LogP contribution in [-0.2, 0) is 16.0 Å². The molecule has 2 rings (SSSR count). The second-order valence-corrected chi connectivity index (χ2v) is 6.63. The molecule has 0 heterocycles. The second kappa shape index (κ2) is 10.1. The van der Waals surface area contributed by atoms with Gasteiger partial charge in [0, 0.05) is 35.5 Å². The van der Waals surface area contributed by atoms with Gasteiger partial charge in [-0.25, -0.2) is 0 Å². The first-order valence-electron chi connectivity index (χ1n) is 8.25. The van der Waals surface area contributed by atoms with Crippen molar-refractivity contribution in [3.8, 4) is 6.07 Å². The predicted molar refractivity (Wildman–Crippen MR) is 109 cm³/mol. The Balaban J connectivity index is 1.88. The molecule has 0 fully saturated rings. The third kappa shape index (κ3) is 6.96. The normalized spacial score (nSPS) is 10.6. The molecule has 3 N–H and O–H groups in total. The average Bonchev–Trinajstić information content (AvgIpc) is 2.63. The quantitative estimate of drug-likeness (QED) is 0.358. The van der Waals surface area contributed by atoms with Crippen molar-refractivity contribution >= 4 is 39.1 Å². The Bertz CT molecular complexity index is 886. The van der Waals surface area contributed by atoms with Crippen LogP contribution in [0.3, 0.4) is 0 Å². The van der Waals surface area contributed by atoms with E-state index in [2.05, 4.69) is 31.9 Å². The summed E-state index contributed by atoms with van der Waals surface area (Å²) in [6, 6.07) is 16.5. The minimum Gasteiger partial charge on any atom is -0.389 e. The van der Waals surface area contributed by atoms with Gasteiger partial charge < -0.3 is 16.0 Å². The van der Waals surface area contributed by atoms with Gasteiger partial charge in [0.1, 0.15) is 11.6 Å². The fourth-order valence-electron chi connectivity index (χ4n) is 2.27. The van der Waals surface area contributed by atoms with Crippen LogP contribution in [0.15, 0.2) is 64.8 Å². The van der Waals surface area contributed by atoms with E-state index >= 15 is 0 Å². The van der Waals surface area contributed by atoms with Gasteiger partial charge in [-0.05, 0) is 48.4 Å². The van der Waals surface area contributed by atoms with Crippen LogP contribution in [0.4, 0.5) is 11.4 Å². The summed E-state index contributed by atoms with van der Waals surface area (Å²) >= 11 is 3.42. The topological polar surface area (TPSA) is 94.0 Å². The zero-order valence-corrected chi connectivity index (χ0v) is 16.3. The van der Waals surface area contributed by atoms with Crippen molar-refractivity contribution in [2.24, 2.45) is 0 Å². The molecule has 2 amide bonds. The van der Waals surface area contributed by atoms with Gasteiger partial charge in [0.2, 0.25) is 5.91 Å². The minimum atomic E-state index is -0.500. The zero-order valence-electron chi connectivity index (χ0n) is 14.8. The van der Waals surface area contributed by atoms with Gasteiger partial charge in [0.05, 0.1) is 0 Å². The lowest BCUT2D eigenvalue weighted by Crippen LogP contribution is -2.18. The van der Waals surface area contributed by atoms with E-state index in [1.54, 1.807) is 24.3 Å². The Kier molecular flexibility index (Phi) is 7.59. The summed E-state index contributed by atoms with van der Waals surface area (Å²) in [5.74, 6) is -0.671. The molecule has 7 heteroatoms. The van der Waals surface area contributed by atoms with Crippen molar-refractivity contribution in [3.63, 3.8) is 0 Å². The van der Waals surface area contributed by atoms with Crippen LogP contribution in [-0.4, -0.2) is 18.4 Å². The lowest BCUT2D eigenvalue weighted by atomic mass is 10.1. The summed E-state index contributed by atoms with van der Waals surface area (Å²) < 4.78 is 1.01. The molecule has 0 radical (unpaired) electrons. The van der Waals surface area contributed by atoms with Crippen LogP contribution in [0.5, 0.6) is 0 Å². The molecular formula is C20H19BrN4O2. The molecular weight excluding hydrogens is 408 g/mol. The number of halogens is 1. The monoisotopic (exact) mass is 426 g/mol. The second-order valence-electron chi connectivity index (χ2n) is 5.72. The summed E-state index contributed by atoms with van der Waals surface area (Å²) in [6.07, 6.45) is 2.18. The van der Waals surface area contributed by atoms with E-state index < -0.39 is 5.91 Å². The van der Waals surface area contributed by atoms with Gasteiger partial charge in [-0.15, -0.1) is 0 Å². The fraction of sp³-hybridized carbons (Fsp3) is 0.150. The number of hydrogen-bond donors (Lipinski definition) is 3. The number of benzene rings is 2. The average molecular weight is 427 g/mol. The molecule has 27 heavy (non-hydrogen) atoms. The maximum Gasteiger partial charge on any atom is 0.267 e. The van der Waals surface area contributed by atoms with Crippen LogP contribution >= 0.6 is 15.9 Å². The Hall–Kier alpha value is -3.11. The maximum atomic E-state index is 12.2. The molecule has 2 aromatic carbocycles. The molecule has 0 atom stereocenters. The summed E-state index contributed by atoms with van der Waals surface area (Å²) in [7, 11) is 0. The highest BCUT2D eigenvalue weighted by molar-refractivity contribution is 9.10. The first-order chi connectivity index (χ1) is 13.0. The van der Waals surface area contributed by atoms with Crippen molar-refractivity contribution in [2.45, 2.75) is 13.3 Å². The number of carbonyl (C=O) groups is 2. The van der Waals surface area contributed by atoms with Crippen molar-refractivity contribution in [1.82, 2.24) is 5.32 Å². The molecule has 0 aliphatic rings. The molecule has 0 saturated heterocycles. The van der Waals surface area contributed by atoms with Crippen LogP contribution in [0.1, 0.15) is 12.5 Å². The number of nitrogens with one attached hydrogen (secondary N) is 3. The van der Waals surface area contributed by atoms with E-state index in [0.717, 1.165) is 16.5 Å². The zero-order chi connectivity index (χ0) is 19.6. The molecule has 0 unspecified atom stereocenters. The minimum absolute atomic E-state index is 0.0184. The van der Waals surface area contributed by atoms with E-state index in [-0.39, 0.29) is 11.5 Å². The Morgan fingerprint density at radius 1 is 1.11 bits per heavy atom. The summed E-state index contributed by atoms with van der Waals surface area (Å²) in [5, 5.41) is 17.5. The Morgan fingerprint density at radius 2 is 1.78 bits per heavy atom. The van der Waals surface area contributed by atoms with E-state index in [1.807, 2.05) is 30.3 Å². The lowest BCUT2D eigenvalue weighted by Gasteiger charge is -2.07. The van der Waals surface area contributed by atoms with Crippen LogP contribution in [0, 0.1) is 11.3 Å². The highest BCUT2D eigenvalue weighted by Crippen LogP contribution is 2.14. The summed E-state index contributed by atoms with van der Waals surface area (Å²) in [5.41, 5.74) is 2.29. The molecule has 0 aliphatic carbocycles. The van der Waals surface area contributed by atoms with Gasteiger partial charge in [-0.1, -0.05) is 28.1 Å². The largest absolute Gasteiger partial charge is 0.389 e. The van der Waals surface area contributed by atoms with Crippen molar-refractivity contribution in [1.29, 1.82) is 5.26 Å². The van der Waals surface area contributed by atoms with Crippen molar-refractivity contribution < 1.29 is 9.59 Å². The number of rotatable bonds is 7. The highest BCUT2D eigenvalue weighted by Gasteiger charge is 2.09. The first-order valence-corrected chi connectivity index (χ1v) is 9.04. The van der Waals surface area contributed by atoms with Gasteiger partial charge >= 0.3 is 0 Å². The maximum absolute atomic E-state index is 12.2. The van der Waals surface area contributed by atoms with E-state index in [9.17, 15) is 14.9 Å². The van der Waals surface area contributed by atoms with E-state index in [0.29, 0.717) is 17.9 Å². The summed E-state index contributed by atoms with van der Waals surface area (Å²) in [4.78, 5) is 23.2. The SMILES string of the molecule is CC(=O)Nc1ccc(NC(=O)/C(C#N)=C\NCCc2cccc(Br)c2)cc1. The number of hydrogen-bond acceptors (Lipinski definition) is 4. The molecule has 0 spiro atoms. The smallest absolute Gasteiger partial charge is 0.267 e. The molecule has 6 nitrogen and oxygen atoms in total. The number of carbonyl (C=O) groups excluding carboxylic acids is 2. The van der Waals surface area contributed by atoms with Gasteiger partial charge in [-0.2, -0.15) is 5.26 Å². The van der Waals surface area contributed by atoms with Crippen LogP contribution < -0.4 is 16.0 Å².